The normalized spacial score (nSPS) is 15.2. The highest BCUT2D eigenvalue weighted by Gasteiger charge is 2.27. The van der Waals surface area contributed by atoms with Gasteiger partial charge in [-0.15, -0.1) is 0 Å². The predicted octanol–water partition coefficient (Wildman–Crippen LogP) is 1.27. The van der Waals surface area contributed by atoms with Crippen LogP contribution >= 0.6 is 0 Å². The fourth-order valence-electron chi connectivity index (χ4n) is 1.51. The molecule has 0 unspecified atom stereocenters. The van der Waals surface area contributed by atoms with Crippen LogP contribution in [0, 0.1) is 0 Å². The van der Waals surface area contributed by atoms with Gasteiger partial charge in [-0.25, -0.2) is 4.98 Å². The van der Waals surface area contributed by atoms with E-state index in [-0.39, 0.29) is 18.6 Å². The van der Waals surface area contributed by atoms with Gasteiger partial charge in [0.25, 0.3) is 0 Å². The number of hydrogen-bond acceptors (Lipinski definition) is 3. The Kier molecular flexibility index (Phi) is 2.53. The Labute approximate surface area is 86.7 Å². The van der Waals surface area contributed by atoms with E-state index in [4.69, 9.17) is 5.11 Å². The van der Waals surface area contributed by atoms with Crippen molar-refractivity contribution >= 4 is 11.8 Å². The van der Waals surface area contributed by atoms with Crippen molar-refractivity contribution in [2.45, 2.75) is 31.7 Å². The molecule has 1 saturated carbocycles. The van der Waals surface area contributed by atoms with Gasteiger partial charge in [0.2, 0.25) is 0 Å². The first-order chi connectivity index (χ1) is 7.18. The monoisotopic (exact) mass is 208 g/mol. The van der Waals surface area contributed by atoms with Crippen molar-refractivity contribution < 1.29 is 14.7 Å². The molecular formula is C10H12N2O3. The maximum atomic E-state index is 11.6. The van der Waals surface area contributed by atoms with Crippen molar-refractivity contribution in [1.29, 1.82) is 0 Å². The third kappa shape index (κ3) is 2.23. The largest absolute Gasteiger partial charge is 0.481 e. The molecule has 1 aromatic rings. The van der Waals surface area contributed by atoms with E-state index >= 15 is 0 Å². The molecule has 1 aliphatic rings. The number of ketones is 1. The van der Waals surface area contributed by atoms with Gasteiger partial charge < -0.3 is 9.67 Å². The van der Waals surface area contributed by atoms with Crippen LogP contribution in [0.4, 0.5) is 0 Å². The summed E-state index contributed by atoms with van der Waals surface area (Å²) in [6.45, 7) is 0. The Bertz CT molecular complexity index is 393. The summed E-state index contributed by atoms with van der Waals surface area (Å²) in [5.41, 5.74) is 0.541. The topological polar surface area (TPSA) is 72.2 Å². The molecule has 5 nitrogen and oxygen atoms in total. The van der Waals surface area contributed by atoms with Crippen LogP contribution in [0.2, 0.25) is 0 Å². The number of rotatable bonds is 5. The standard InChI is InChI=1S/C10H12N2O3/c13-9(3-4-10(14)15)8-5-11-6-12(8)7-1-2-7/h5-7H,1-4H2,(H,14,15). The van der Waals surface area contributed by atoms with Crippen molar-refractivity contribution in [3.05, 3.63) is 18.2 Å². The number of nitrogens with zero attached hydrogens (tertiary/aromatic N) is 2. The molecule has 0 radical (unpaired) electrons. The van der Waals surface area contributed by atoms with Crippen molar-refractivity contribution in [3.63, 3.8) is 0 Å². The lowest BCUT2D eigenvalue weighted by atomic mass is 10.2. The molecule has 0 atom stereocenters. The molecule has 0 saturated heterocycles. The van der Waals surface area contributed by atoms with Crippen LogP contribution in [-0.4, -0.2) is 26.4 Å². The average Bonchev–Trinajstić information content (AvgIpc) is 2.93. The summed E-state index contributed by atoms with van der Waals surface area (Å²) < 4.78 is 1.85. The van der Waals surface area contributed by atoms with Gasteiger partial charge in [-0.2, -0.15) is 0 Å². The SMILES string of the molecule is O=C(O)CCC(=O)c1cncn1C1CC1. The fourth-order valence-corrected chi connectivity index (χ4v) is 1.51. The molecule has 1 fully saturated rings. The first-order valence-electron chi connectivity index (χ1n) is 4.95. The third-order valence-corrected chi connectivity index (χ3v) is 2.46. The number of carbonyl (C=O) groups is 2. The first-order valence-corrected chi connectivity index (χ1v) is 4.95. The van der Waals surface area contributed by atoms with Crippen LogP contribution in [0.25, 0.3) is 0 Å². The molecule has 0 aliphatic heterocycles. The Hall–Kier alpha value is -1.65. The molecule has 15 heavy (non-hydrogen) atoms. The minimum atomic E-state index is -0.944. The molecule has 2 rings (SSSR count). The second-order valence-corrected chi connectivity index (χ2v) is 3.73. The molecule has 0 amide bonds. The van der Waals surface area contributed by atoms with Gasteiger partial charge in [0.15, 0.2) is 5.78 Å². The van der Waals surface area contributed by atoms with E-state index < -0.39 is 5.97 Å². The lowest BCUT2D eigenvalue weighted by Gasteiger charge is -2.03. The van der Waals surface area contributed by atoms with Crippen LogP contribution in [0.5, 0.6) is 0 Å². The van der Waals surface area contributed by atoms with Gasteiger partial charge >= 0.3 is 5.97 Å². The maximum Gasteiger partial charge on any atom is 0.303 e. The number of aromatic nitrogens is 2. The third-order valence-electron chi connectivity index (χ3n) is 2.46. The van der Waals surface area contributed by atoms with E-state index in [1.807, 2.05) is 4.57 Å². The van der Waals surface area contributed by atoms with Gasteiger partial charge in [-0.05, 0) is 12.8 Å². The number of aliphatic carboxylic acids is 1. The van der Waals surface area contributed by atoms with E-state index in [1.165, 1.54) is 6.20 Å². The Morgan fingerprint density at radius 1 is 1.47 bits per heavy atom. The van der Waals surface area contributed by atoms with Gasteiger partial charge in [-0.1, -0.05) is 0 Å². The minimum Gasteiger partial charge on any atom is -0.481 e. The summed E-state index contributed by atoms with van der Waals surface area (Å²) in [5, 5.41) is 8.48. The van der Waals surface area contributed by atoms with Crippen LogP contribution in [0.3, 0.4) is 0 Å². The molecule has 5 heteroatoms. The molecule has 1 N–H and O–H groups in total. The highest BCUT2D eigenvalue weighted by Crippen LogP contribution is 2.35. The lowest BCUT2D eigenvalue weighted by Crippen LogP contribution is -2.09. The summed E-state index contributed by atoms with van der Waals surface area (Å²) in [4.78, 5) is 25.9. The molecule has 1 aliphatic carbocycles. The summed E-state index contributed by atoms with van der Waals surface area (Å²) in [6, 6.07) is 0.399. The van der Waals surface area contributed by atoms with E-state index in [0.29, 0.717) is 11.7 Å². The van der Waals surface area contributed by atoms with Crippen LogP contribution in [0.1, 0.15) is 42.2 Å². The van der Waals surface area contributed by atoms with Crippen LogP contribution in [0.15, 0.2) is 12.5 Å². The van der Waals surface area contributed by atoms with E-state index in [9.17, 15) is 9.59 Å². The van der Waals surface area contributed by atoms with Crippen LogP contribution in [-0.2, 0) is 4.79 Å². The highest BCUT2D eigenvalue weighted by atomic mass is 16.4. The van der Waals surface area contributed by atoms with E-state index in [2.05, 4.69) is 4.98 Å². The maximum absolute atomic E-state index is 11.6. The molecular weight excluding hydrogens is 196 g/mol. The molecule has 80 valence electrons. The van der Waals surface area contributed by atoms with Crippen LogP contribution < -0.4 is 0 Å². The van der Waals surface area contributed by atoms with Gasteiger partial charge in [0.05, 0.1) is 18.9 Å². The number of imidazole rings is 1. The molecule has 1 aromatic heterocycles. The second-order valence-electron chi connectivity index (χ2n) is 3.73. The number of carbonyl (C=O) groups excluding carboxylic acids is 1. The van der Waals surface area contributed by atoms with Crippen molar-refractivity contribution in [2.75, 3.05) is 0 Å². The second kappa shape index (κ2) is 3.84. The molecule has 0 spiro atoms. The summed E-state index contributed by atoms with van der Waals surface area (Å²) in [6.07, 6.45) is 5.25. The summed E-state index contributed by atoms with van der Waals surface area (Å²) >= 11 is 0. The first kappa shape index (κ1) is 9.89. The summed E-state index contributed by atoms with van der Waals surface area (Å²) in [7, 11) is 0. The zero-order valence-corrected chi connectivity index (χ0v) is 8.22. The molecule has 1 heterocycles. The number of hydrogen-bond donors (Lipinski definition) is 1. The number of carboxylic acids is 1. The lowest BCUT2D eigenvalue weighted by molar-refractivity contribution is -0.136. The zero-order chi connectivity index (χ0) is 10.8. The van der Waals surface area contributed by atoms with Crippen molar-refractivity contribution in [2.24, 2.45) is 0 Å². The van der Waals surface area contributed by atoms with Gasteiger partial charge in [-0.3, -0.25) is 9.59 Å². The summed E-state index contributed by atoms with van der Waals surface area (Å²) in [5.74, 6) is -1.08. The van der Waals surface area contributed by atoms with E-state index in [1.54, 1.807) is 6.33 Å². The number of carboxylic acid groups (broad SMARTS) is 1. The molecule has 0 bridgehead atoms. The zero-order valence-electron chi connectivity index (χ0n) is 8.22. The van der Waals surface area contributed by atoms with Crippen molar-refractivity contribution in [3.8, 4) is 0 Å². The average molecular weight is 208 g/mol. The minimum absolute atomic E-state index is 0.0494. The Balaban J connectivity index is 2.04. The molecule has 0 aromatic carbocycles. The smallest absolute Gasteiger partial charge is 0.303 e. The Morgan fingerprint density at radius 2 is 2.20 bits per heavy atom. The van der Waals surface area contributed by atoms with Gasteiger partial charge in [0, 0.05) is 12.5 Å². The van der Waals surface area contributed by atoms with Gasteiger partial charge in [0.1, 0.15) is 5.69 Å². The Morgan fingerprint density at radius 3 is 2.80 bits per heavy atom. The van der Waals surface area contributed by atoms with Crippen molar-refractivity contribution in [1.82, 2.24) is 9.55 Å². The highest BCUT2D eigenvalue weighted by molar-refractivity contribution is 5.95. The predicted molar refractivity (Wildman–Crippen MR) is 51.7 cm³/mol. The quantitative estimate of drug-likeness (QED) is 0.739. The number of Topliss-reactive ketones (excluding diaryl/α,β-unsaturated/α-hetero) is 1. The fraction of sp³-hybridized carbons (Fsp3) is 0.500. The van der Waals surface area contributed by atoms with E-state index in [0.717, 1.165) is 12.8 Å².